The molecule has 0 radical (unpaired) electrons. The molecule has 0 rings (SSSR count). The van der Waals surface area contributed by atoms with E-state index in [1.807, 2.05) is 19.0 Å². The molecule has 0 unspecified atom stereocenters. The molecule has 0 aliphatic carbocycles. The van der Waals surface area contributed by atoms with Crippen molar-refractivity contribution < 1.29 is 4.79 Å². The SMILES string of the molecule is CCCCCCCC(=O)N(C)CCCNC. The fourth-order valence-corrected chi connectivity index (χ4v) is 1.69. The van der Waals surface area contributed by atoms with E-state index in [0.717, 1.165) is 32.4 Å². The van der Waals surface area contributed by atoms with E-state index in [1.165, 1.54) is 25.7 Å². The molecule has 96 valence electrons. The predicted octanol–water partition coefficient (Wildman–Crippen LogP) is 2.41. The lowest BCUT2D eigenvalue weighted by molar-refractivity contribution is -0.130. The molecule has 0 aromatic carbocycles. The number of hydrogen-bond acceptors (Lipinski definition) is 2. The average molecular weight is 228 g/mol. The van der Waals surface area contributed by atoms with Gasteiger partial charge in [0.05, 0.1) is 0 Å². The third-order valence-electron chi connectivity index (χ3n) is 2.84. The highest BCUT2D eigenvalue weighted by Crippen LogP contribution is 2.06. The van der Waals surface area contributed by atoms with Crippen LogP contribution < -0.4 is 5.32 Å². The Bertz CT molecular complexity index is 171. The van der Waals surface area contributed by atoms with Crippen LogP contribution in [0.2, 0.25) is 0 Å². The van der Waals surface area contributed by atoms with Crippen LogP contribution in [0.5, 0.6) is 0 Å². The maximum absolute atomic E-state index is 11.7. The number of carbonyl (C=O) groups is 1. The van der Waals surface area contributed by atoms with Crippen molar-refractivity contribution >= 4 is 5.91 Å². The quantitative estimate of drug-likeness (QED) is 0.582. The van der Waals surface area contributed by atoms with Gasteiger partial charge in [-0.1, -0.05) is 32.6 Å². The van der Waals surface area contributed by atoms with E-state index in [2.05, 4.69) is 12.2 Å². The zero-order valence-electron chi connectivity index (χ0n) is 11.2. The summed E-state index contributed by atoms with van der Waals surface area (Å²) in [4.78, 5) is 13.5. The second-order valence-electron chi connectivity index (χ2n) is 4.44. The topological polar surface area (TPSA) is 32.3 Å². The van der Waals surface area contributed by atoms with Crippen LogP contribution in [0.4, 0.5) is 0 Å². The van der Waals surface area contributed by atoms with Crippen molar-refractivity contribution in [2.24, 2.45) is 0 Å². The molecule has 0 fully saturated rings. The molecule has 3 heteroatoms. The summed E-state index contributed by atoms with van der Waals surface area (Å²) in [6.45, 7) is 4.06. The van der Waals surface area contributed by atoms with Crippen molar-refractivity contribution in [2.45, 2.75) is 51.9 Å². The van der Waals surface area contributed by atoms with Gasteiger partial charge in [0.15, 0.2) is 0 Å². The number of unbranched alkanes of at least 4 members (excludes halogenated alkanes) is 4. The van der Waals surface area contributed by atoms with Crippen LogP contribution in [0, 0.1) is 0 Å². The van der Waals surface area contributed by atoms with E-state index in [1.54, 1.807) is 0 Å². The van der Waals surface area contributed by atoms with Gasteiger partial charge in [-0.2, -0.15) is 0 Å². The number of hydrogen-bond donors (Lipinski definition) is 1. The van der Waals surface area contributed by atoms with Crippen molar-refractivity contribution in [3.8, 4) is 0 Å². The van der Waals surface area contributed by atoms with E-state index in [4.69, 9.17) is 0 Å². The van der Waals surface area contributed by atoms with Gasteiger partial charge >= 0.3 is 0 Å². The molecule has 0 aliphatic heterocycles. The zero-order valence-corrected chi connectivity index (χ0v) is 11.2. The van der Waals surface area contributed by atoms with Crippen molar-refractivity contribution in [1.82, 2.24) is 10.2 Å². The van der Waals surface area contributed by atoms with Gasteiger partial charge in [0.25, 0.3) is 0 Å². The van der Waals surface area contributed by atoms with E-state index < -0.39 is 0 Å². The molecule has 1 N–H and O–H groups in total. The number of carbonyl (C=O) groups excluding carboxylic acids is 1. The molecule has 0 saturated carbocycles. The highest BCUT2D eigenvalue weighted by atomic mass is 16.2. The summed E-state index contributed by atoms with van der Waals surface area (Å²) in [5.41, 5.74) is 0. The number of rotatable bonds is 10. The first kappa shape index (κ1) is 15.4. The molecule has 0 spiro atoms. The maximum atomic E-state index is 11.7. The Morgan fingerprint density at radius 1 is 1.12 bits per heavy atom. The molecule has 0 aromatic heterocycles. The molecular weight excluding hydrogens is 200 g/mol. The van der Waals surface area contributed by atoms with Gasteiger partial charge < -0.3 is 10.2 Å². The fraction of sp³-hybridized carbons (Fsp3) is 0.923. The molecule has 0 aromatic rings. The lowest BCUT2D eigenvalue weighted by Crippen LogP contribution is -2.29. The van der Waals surface area contributed by atoms with Gasteiger partial charge in [-0.3, -0.25) is 4.79 Å². The normalized spacial score (nSPS) is 10.4. The second kappa shape index (κ2) is 10.9. The van der Waals surface area contributed by atoms with Crippen LogP contribution >= 0.6 is 0 Å². The number of amides is 1. The van der Waals surface area contributed by atoms with Gasteiger partial charge in [0.2, 0.25) is 5.91 Å². The van der Waals surface area contributed by atoms with Crippen LogP contribution in [0.15, 0.2) is 0 Å². The molecule has 16 heavy (non-hydrogen) atoms. The van der Waals surface area contributed by atoms with Crippen LogP contribution in [0.1, 0.15) is 51.9 Å². The second-order valence-corrected chi connectivity index (χ2v) is 4.44. The van der Waals surface area contributed by atoms with Crippen LogP contribution in [-0.2, 0) is 4.79 Å². The largest absolute Gasteiger partial charge is 0.346 e. The zero-order chi connectivity index (χ0) is 12.2. The van der Waals surface area contributed by atoms with Crippen molar-refractivity contribution in [3.63, 3.8) is 0 Å². The molecule has 0 bridgehead atoms. The summed E-state index contributed by atoms with van der Waals surface area (Å²) in [5.74, 6) is 0.299. The van der Waals surface area contributed by atoms with Crippen molar-refractivity contribution in [1.29, 1.82) is 0 Å². The van der Waals surface area contributed by atoms with Crippen LogP contribution in [0.25, 0.3) is 0 Å². The highest BCUT2D eigenvalue weighted by molar-refractivity contribution is 5.75. The molecule has 1 amide bonds. The fourth-order valence-electron chi connectivity index (χ4n) is 1.69. The number of nitrogens with zero attached hydrogens (tertiary/aromatic N) is 1. The Morgan fingerprint density at radius 3 is 2.44 bits per heavy atom. The Morgan fingerprint density at radius 2 is 1.81 bits per heavy atom. The summed E-state index contributed by atoms with van der Waals surface area (Å²) in [6, 6.07) is 0. The summed E-state index contributed by atoms with van der Waals surface area (Å²) in [7, 11) is 3.85. The van der Waals surface area contributed by atoms with Crippen molar-refractivity contribution in [2.75, 3.05) is 27.2 Å². The molecule has 0 heterocycles. The van der Waals surface area contributed by atoms with Gasteiger partial charge in [0.1, 0.15) is 0 Å². The summed E-state index contributed by atoms with van der Waals surface area (Å²) in [6.07, 6.45) is 7.84. The monoisotopic (exact) mass is 228 g/mol. The first-order valence-electron chi connectivity index (χ1n) is 6.61. The Kier molecular flexibility index (Phi) is 10.5. The lowest BCUT2D eigenvalue weighted by atomic mass is 10.1. The van der Waals surface area contributed by atoms with Crippen molar-refractivity contribution in [3.05, 3.63) is 0 Å². The smallest absolute Gasteiger partial charge is 0.222 e. The predicted molar refractivity (Wildman–Crippen MR) is 69.6 cm³/mol. The minimum atomic E-state index is 0.299. The Labute approximate surface area is 101 Å². The Hall–Kier alpha value is -0.570. The van der Waals surface area contributed by atoms with Gasteiger partial charge in [-0.25, -0.2) is 0 Å². The maximum Gasteiger partial charge on any atom is 0.222 e. The first-order chi connectivity index (χ1) is 7.72. The summed E-state index contributed by atoms with van der Waals surface area (Å²) < 4.78 is 0. The molecule has 0 saturated heterocycles. The highest BCUT2D eigenvalue weighted by Gasteiger charge is 2.06. The molecule has 0 atom stereocenters. The minimum absolute atomic E-state index is 0.299. The van der Waals surface area contributed by atoms with Crippen LogP contribution in [0.3, 0.4) is 0 Å². The average Bonchev–Trinajstić information content (AvgIpc) is 2.28. The molecule has 3 nitrogen and oxygen atoms in total. The minimum Gasteiger partial charge on any atom is -0.346 e. The lowest BCUT2D eigenvalue weighted by Gasteiger charge is -2.16. The third-order valence-corrected chi connectivity index (χ3v) is 2.84. The third kappa shape index (κ3) is 8.72. The first-order valence-corrected chi connectivity index (χ1v) is 6.61. The molecular formula is C13H28N2O. The summed E-state index contributed by atoms with van der Waals surface area (Å²) in [5, 5.41) is 3.09. The van der Waals surface area contributed by atoms with Gasteiger partial charge in [-0.05, 0) is 26.4 Å². The van der Waals surface area contributed by atoms with E-state index in [0.29, 0.717) is 5.91 Å². The van der Waals surface area contributed by atoms with E-state index in [-0.39, 0.29) is 0 Å². The number of nitrogens with one attached hydrogen (secondary N) is 1. The van der Waals surface area contributed by atoms with Gasteiger partial charge in [0, 0.05) is 20.0 Å². The van der Waals surface area contributed by atoms with Crippen LogP contribution in [-0.4, -0.2) is 38.0 Å². The van der Waals surface area contributed by atoms with E-state index >= 15 is 0 Å². The Balaban J connectivity index is 3.40. The molecule has 0 aliphatic rings. The van der Waals surface area contributed by atoms with Gasteiger partial charge in [-0.15, -0.1) is 0 Å². The summed E-state index contributed by atoms with van der Waals surface area (Å²) >= 11 is 0. The van der Waals surface area contributed by atoms with E-state index in [9.17, 15) is 4.79 Å². The standard InChI is InChI=1S/C13H28N2O/c1-4-5-6-7-8-10-13(16)15(3)12-9-11-14-2/h14H,4-12H2,1-3H3.